The Morgan fingerprint density at radius 3 is 2.51 bits per heavy atom. The van der Waals surface area contributed by atoms with Crippen molar-refractivity contribution in [1.29, 1.82) is 0 Å². The number of carbonyl (C=O) groups excluding carboxylic acids is 1. The van der Waals surface area contributed by atoms with Crippen LogP contribution in [0.2, 0.25) is 10.0 Å². The van der Waals surface area contributed by atoms with Crippen LogP contribution in [0.4, 0.5) is 0 Å². The van der Waals surface area contributed by atoms with Crippen LogP contribution < -0.4 is 16.0 Å². The molecule has 11 heteroatoms. The zero-order chi connectivity index (χ0) is 26.7. The molecule has 2 fully saturated rings. The third-order valence-electron chi connectivity index (χ3n) is 7.03. The molecular formula is C26H26Cl2N4O5. The Morgan fingerprint density at radius 2 is 1.84 bits per heavy atom. The highest BCUT2D eigenvalue weighted by atomic mass is 35.5. The number of amides is 1. The third-order valence-corrected chi connectivity index (χ3v) is 7.60. The summed E-state index contributed by atoms with van der Waals surface area (Å²) >= 11 is 12.8. The molecule has 1 aliphatic heterocycles. The van der Waals surface area contributed by atoms with Gasteiger partial charge in [-0.2, -0.15) is 9.78 Å². The van der Waals surface area contributed by atoms with Gasteiger partial charge >= 0.3 is 5.69 Å². The molecule has 2 aliphatic rings. The number of carbonyl (C=O) groups is 1. The summed E-state index contributed by atoms with van der Waals surface area (Å²) in [5.74, 6) is -0.0320. The summed E-state index contributed by atoms with van der Waals surface area (Å²) in [7, 11) is 0. The lowest BCUT2D eigenvalue weighted by molar-refractivity contribution is 0.0705. The average Bonchev–Trinajstić information content (AvgIpc) is 3.05. The minimum absolute atomic E-state index is 0.0528. The number of rotatable bonds is 4. The van der Waals surface area contributed by atoms with E-state index in [4.69, 9.17) is 27.9 Å². The molecule has 5 rings (SSSR count). The number of nitrogens with one attached hydrogen (secondary N) is 1. The van der Waals surface area contributed by atoms with Crippen LogP contribution >= 0.6 is 23.2 Å². The number of aromatic hydroxyl groups is 1. The highest BCUT2D eigenvalue weighted by molar-refractivity contribution is 6.37. The van der Waals surface area contributed by atoms with Crippen molar-refractivity contribution >= 4 is 29.1 Å². The van der Waals surface area contributed by atoms with E-state index < -0.39 is 11.2 Å². The number of benzene rings is 2. The molecule has 2 unspecified atom stereocenters. The minimum Gasteiger partial charge on any atom is -0.507 e. The van der Waals surface area contributed by atoms with Crippen LogP contribution in [0.1, 0.15) is 50.4 Å². The molecular weight excluding hydrogens is 519 g/mol. The lowest BCUT2D eigenvalue weighted by atomic mass is 9.65. The molecule has 2 heterocycles. The summed E-state index contributed by atoms with van der Waals surface area (Å²) in [6.45, 7) is 7.33. The maximum Gasteiger partial charge on any atom is 0.349 e. The first-order valence-corrected chi connectivity index (χ1v) is 12.6. The number of fused-ring (bicyclic) bond motifs is 2. The lowest BCUT2D eigenvalue weighted by Crippen LogP contribution is -2.37. The van der Waals surface area contributed by atoms with Crippen molar-refractivity contribution in [2.75, 3.05) is 6.54 Å². The van der Waals surface area contributed by atoms with Crippen LogP contribution in [0, 0.1) is 10.8 Å². The van der Waals surface area contributed by atoms with E-state index in [-0.39, 0.29) is 61.3 Å². The van der Waals surface area contributed by atoms with Crippen molar-refractivity contribution in [3.8, 4) is 22.9 Å². The van der Waals surface area contributed by atoms with E-state index in [0.717, 1.165) is 30.1 Å². The number of hydrogen-bond acceptors (Lipinski definition) is 6. The van der Waals surface area contributed by atoms with E-state index >= 15 is 0 Å². The number of H-pyrrole nitrogens is 1. The van der Waals surface area contributed by atoms with E-state index in [1.807, 2.05) is 4.90 Å². The Morgan fingerprint density at radius 1 is 1.14 bits per heavy atom. The third kappa shape index (κ3) is 4.85. The summed E-state index contributed by atoms with van der Waals surface area (Å²) < 4.78 is 6.86. The summed E-state index contributed by atoms with van der Waals surface area (Å²) in [4.78, 5) is 40.9. The van der Waals surface area contributed by atoms with Gasteiger partial charge in [-0.1, -0.05) is 44.0 Å². The number of likely N-dealkylation sites (tertiary alicyclic amines) is 1. The summed E-state index contributed by atoms with van der Waals surface area (Å²) in [6, 6.07) is 7.32. The zero-order valence-electron chi connectivity index (χ0n) is 20.5. The quantitative estimate of drug-likeness (QED) is 0.488. The molecule has 2 N–H and O–H groups in total. The van der Waals surface area contributed by atoms with Gasteiger partial charge in [0, 0.05) is 12.6 Å². The number of aromatic nitrogens is 3. The van der Waals surface area contributed by atoms with E-state index in [1.165, 1.54) is 30.3 Å². The van der Waals surface area contributed by atoms with Gasteiger partial charge in [-0.05, 0) is 60.4 Å². The Balaban J connectivity index is 1.43. The number of halogens is 2. The minimum atomic E-state index is -0.751. The predicted octanol–water partition coefficient (Wildman–Crippen LogP) is 4.77. The van der Waals surface area contributed by atoms with Crippen molar-refractivity contribution in [3.63, 3.8) is 0 Å². The van der Waals surface area contributed by atoms with Gasteiger partial charge in [0.2, 0.25) is 0 Å². The molecule has 2 bridgehead atoms. The maximum absolute atomic E-state index is 13.6. The van der Waals surface area contributed by atoms with Gasteiger partial charge < -0.3 is 14.7 Å². The number of ether oxygens (including phenoxy) is 1. The molecule has 2 aromatic carbocycles. The number of hydrogen-bond donors (Lipinski definition) is 2. The SMILES string of the molecule is CC1(C)CC2CC(C)(CN2C(=O)c2cc(Oc3c(Cl)cc(-n4ncc(=O)[nH]c4=O)cc3Cl)ccc2O)C1. The monoisotopic (exact) mass is 544 g/mol. The van der Waals surface area contributed by atoms with Gasteiger partial charge in [-0.25, -0.2) is 4.79 Å². The largest absolute Gasteiger partial charge is 0.507 e. The molecule has 3 aromatic rings. The average molecular weight is 545 g/mol. The molecule has 1 saturated carbocycles. The Hall–Kier alpha value is -3.30. The molecule has 0 radical (unpaired) electrons. The van der Waals surface area contributed by atoms with Gasteiger partial charge in [-0.3, -0.25) is 14.6 Å². The normalized spacial score (nSPS) is 22.2. The molecule has 9 nitrogen and oxygen atoms in total. The molecule has 1 saturated heterocycles. The van der Waals surface area contributed by atoms with Gasteiger partial charge in [-0.15, -0.1) is 0 Å². The Bertz CT molecular complexity index is 1510. The fourth-order valence-corrected chi connectivity index (χ4v) is 6.58. The highest BCUT2D eigenvalue weighted by Crippen LogP contribution is 2.53. The fourth-order valence-electron chi connectivity index (χ4n) is 6.02. The van der Waals surface area contributed by atoms with Gasteiger partial charge in [0.15, 0.2) is 5.75 Å². The fraction of sp³-hybridized carbons (Fsp3) is 0.385. The molecule has 2 atom stereocenters. The van der Waals surface area contributed by atoms with Crippen molar-refractivity contribution < 1.29 is 14.6 Å². The molecule has 37 heavy (non-hydrogen) atoms. The second-order valence-corrected chi connectivity index (χ2v) is 11.8. The predicted molar refractivity (Wildman–Crippen MR) is 139 cm³/mol. The zero-order valence-corrected chi connectivity index (χ0v) is 22.1. The first kappa shape index (κ1) is 25.4. The van der Waals surface area contributed by atoms with E-state index in [9.17, 15) is 19.5 Å². The first-order chi connectivity index (χ1) is 17.3. The van der Waals surface area contributed by atoms with Crippen LogP contribution in [0.25, 0.3) is 5.69 Å². The van der Waals surface area contributed by atoms with Crippen molar-refractivity contribution in [2.45, 2.75) is 46.1 Å². The van der Waals surface area contributed by atoms with Crippen LogP contribution in [-0.4, -0.2) is 43.3 Å². The number of nitrogens with zero attached hydrogens (tertiary/aromatic N) is 3. The Labute approximate surface area is 222 Å². The lowest BCUT2D eigenvalue weighted by Gasteiger charge is -2.39. The molecule has 1 aliphatic carbocycles. The van der Waals surface area contributed by atoms with Gasteiger partial charge in [0.1, 0.15) is 17.7 Å². The Kier molecular flexibility index (Phi) is 6.11. The maximum atomic E-state index is 13.6. The van der Waals surface area contributed by atoms with E-state index in [0.29, 0.717) is 6.54 Å². The van der Waals surface area contributed by atoms with Crippen molar-refractivity contribution in [1.82, 2.24) is 19.7 Å². The van der Waals surface area contributed by atoms with Crippen molar-refractivity contribution in [3.05, 3.63) is 73.0 Å². The van der Waals surface area contributed by atoms with E-state index in [2.05, 4.69) is 30.9 Å². The number of aromatic amines is 1. The topological polar surface area (TPSA) is 118 Å². The second-order valence-electron chi connectivity index (χ2n) is 11.0. The van der Waals surface area contributed by atoms with Crippen LogP contribution in [0.3, 0.4) is 0 Å². The van der Waals surface area contributed by atoms with Crippen LogP contribution in [-0.2, 0) is 0 Å². The summed E-state index contributed by atoms with van der Waals surface area (Å²) in [6.07, 6.45) is 3.86. The smallest absolute Gasteiger partial charge is 0.349 e. The standard InChI is InChI=1S/C26H26Cl2N4O5/c1-25(2)9-15-10-26(3,12-25)13-31(15)23(35)17-8-16(4-5-20(17)33)37-22-18(27)6-14(7-19(22)28)32-24(36)30-21(34)11-29-32/h4-8,11,15,33H,9-10,12-13H2,1-3H3,(H,30,34,36). The first-order valence-electron chi connectivity index (χ1n) is 11.8. The highest BCUT2D eigenvalue weighted by Gasteiger charge is 2.51. The number of phenolic OH excluding ortho intramolecular Hbond substituents is 1. The molecule has 1 amide bonds. The summed E-state index contributed by atoms with van der Waals surface area (Å²) in [5, 5.41) is 14.5. The van der Waals surface area contributed by atoms with E-state index in [1.54, 1.807) is 0 Å². The van der Waals surface area contributed by atoms with Gasteiger partial charge in [0.25, 0.3) is 11.5 Å². The molecule has 0 spiro atoms. The summed E-state index contributed by atoms with van der Waals surface area (Å²) in [5.41, 5.74) is -0.822. The van der Waals surface area contributed by atoms with Crippen LogP contribution in [0.5, 0.6) is 17.2 Å². The van der Waals surface area contributed by atoms with Crippen LogP contribution in [0.15, 0.2) is 46.1 Å². The molecule has 194 valence electrons. The van der Waals surface area contributed by atoms with Gasteiger partial charge in [0.05, 0.1) is 21.3 Å². The second kappa shape index (κ2) is 8.92. The van der Waals surface area contributed by atoms with Crippen molar-refractivity contribution in [2.24, 2.45) is 10.8 Å². The number of phenols is 1. The molecule has 1 aromatic heterocycles.